The largest absolute Gasteiger partial charge is 0.495 e. The molecule has 0 bridgehead atoms. The molecule has 0 aliphatic heterocycles. The van der Waals surface area contributed by atoms with Gasteiger partial charge in [-0.25, -0.2) is 0 Å². The number of para-hydroxylation sites is 1. The fourth-order valence-electron chi connectivity index (χ4n) is 2.66. The first-order chi connectivity index (χ1) is 12.7. The van der Waals surface area contributed by atoms with E-state index >= 15 is 0 Å². The number of hydrogen-bond acceptors (Lipinski definition) is 4. The number of rotatable bonds is 6. The summed E-state index contributed by atoms with van der Waals surface area (Å²) in [6, 6.07) is 12.8. The summed E-state index contributed by atoms with van der Waals surface area (Å²) in [5, 5.41) is 0. The van der Waals surface area contributed by atoms with Gasteiger partial charge in [0.25, 0.3) is 5.91 Å². The Bertz CT molecular complexity index is 1000. The molecule has 3 rings (SSSR count). The van der Waals surface area contributed by atoms with Gasteiger partial charge in [-0.15, -0.1) is 6.58 Å². The number of allylic oxidation sites excluding steroid dienone is 1. The van der Waals surface area contributed by atoms with Crippen LogP contribution in [-0.2, 0) is 6.54 Å². The smallest absolute Gasteiger partial charge is 0.279 e. The number of aromatic nitrogens is 1. The van der Waals surface area contributed by atoms with Gasteiger partial charge in [-0.1, -0.05) is 23.5 Å². The highest BCUT2D eigenvalue weighted by molar-refractivity contribution is 7.16. The summed E-state index contributed by atoms with van der Waals surface area (Å²) < 4.78 is 13.8. The molecule has 0 unspecified atom stereocenters. The summed E-state index contributed by atoms with van der Waals surface area (Å²) in [6.45, 7) is 6.85. The van der Waals surface area contributed by atoms with Crippen molar-refractivity contribution in [3.63, 3.8) is 0 Å². The molecule has 134 valence electrons. The Labute approximate surface area is 155 Å². The zero-order chi connectivity index (χ0) is 18.5. The van der Waals surface area contributed by atoms with Crippen LogP contribution in [0.15, 0.2) is 60.1 Å². The Balaban J connectivity index is 2.07. The lowest BCUT2D eigenvalue weighted by molar-refractivity contribution is 0.0998. The fraction of sp³-hybridized carbons (Fsp3) is 0.200. The molecule has 0 saturated carbocycles. The molecule has 0 spiro atoms. The maximum Gasteiger partial charge on any atom is 0.279 e. The molecule has 0 atom stereocenters. The van der Waals surface area contributed by atoms with E-state index < -0.39 is 0 Å². The number of benzene rings is 2. The van der Waals surface area contributed by atoms with Crippen LogP contribution >= 0.6 is 11.3 Å². The first-order valence-electron chi connectivity index (χ1n) is 8.27. The predicted octanol–water partition coefficient (Wildman–Crippen LogP) is 4.04. The zero-order valence-electron chi connectivity index (χ0n) is 14.8. The Morgan fingerprint density at radius 2 is 2.04 bits per heavy atom. The third-order valence-corrected chi connectivity index (χ3v) is 4.85. The molecular formula is C20H20N2O3S. The first-order valence-corrected chi connectivity index (χ1v) is 9.08. The number of ether oxygens (including phenoxy) is 2. The average molecular weight is 368 g/mol. The SMILES string of the molecule is C=CCn1c(=NC(=O)c2ccc(OCC)cc2)sc2cccc(OC)c21. The third-order valence-electron chi connectivity index (χ3n) is 3.81. The van der Waals surface area contributed by atoms with Crippen molar-refractivity contribution < 1.29 is 14.3 Å². The maximum absolute atomic E-state index is 12.6. The number of carbonyl (C=O) groups excluding carboxylic acids is 1. The van der Waals surface area contributed by atoms with Crippen LogP contribution in [0.25, 0.3) is 10.2 Å². The number of methoxy groups -OCH3 is 1. The predicted molar refractivity (Wildman–Crippen MR) is 104 cm³/mol. The van der Waals surface area contributed by atoms with E-state index in [0.717, 1.165) is 21.7 Å². The lowest BCUT2D eigenvalue weighted by Gasteiger charge is -2.06. The van der Waals surface area contributed by atoms with E-state index in [1.54, 1.807) is 37.5 Å². The lowest BCUT2D eigenvalue weighted by Crippen LogP contribution is -2.16. The Morgan fingerprint density at radius 3 is 2.69 bits per heavy atom. The minimum absolute atomic E-state index is 0.295. The second-order valence-electron chi connectivity index (χ2n) is 5.47. The highest BCUT2D eigenvalue weighted by Crippen LogP contribution is 2.27. The molecule has 5 nitrogen and oxygen atoms in total. The molecule has 0 saturated heterocycles. The molecule has 1 heterocycles. The van der Waals surface area contributed by atoms with Crippen LogP contribution in [0.1, 0.15) is 17.3 Å². The highest BCUT2D eigenvalue weighted by atomic mass is 32.1. The van der Waals surface area contributed by atoms with Gasteiger partial charge in [0.05, 0.1) is 18.4 Å². The van der Waals surface area contributed by atoms with E-state index in [1.165, 1.54) is 11.3 Å². The number of fused-ring (bicyclic) bond motifs is 1. The fourth-order valence-corrected chi connectivity index (χ4v) is 3.71. The second-order valence-corrected chi connectivity index (χ2v) is 6.47. The van der Waals surface area contributed by atoms with Gasteiger partial charge in [0.1, 0.15) is 17.0 Å². The van der Waals surface area contributed by atoms with Gasteiger partial charge in [0.15, 0.2) is 4.80 Å². The minimum atomic E-state index is -0.295. The van der Waals surface area contributed by atoms with Crippen molar-refractivity contribution in [1.82, 2.24) is 4.57 Å². The molecule has 0 radical (unpaired) electrons. The maximum atomic E-state index is 12.6. The van der Waals surface area contributed by atoms with Crippen LogP contribution < -0.4 is 14.3 Å². The molecule has 0 fully saturated rings. The number of amides is 1. The van der Waals surface area contributed by atoms with E-state index in [-0.39, 0.29) is 5.91 Å². The average Bonchev–Trinajstić information content (AvgIpc) is 3.00. The van der Waals surface area contributed by atoms with Crippen LogP contribution in [-0.4, -0.2) is 24.2 Å². The molecule has 0 N–H and O–H groups in total. The summed E-state index contributed by atoms with van der Waals surface area (Å²) in [5.74, 6) is 1.18. The lowest BCUT2D eigenvalue weighted by atomic mass is 10.2. The summed E-state index contributed by atoms with van der Waals surface area (Å²) in [5.41, 5.74) is 1.43. The first kappa shape index (κ1) is 17.9. The van der Waals surface area contributed by atoms with Gasteiger partial charge < -0.3 is 14.0 Å². The summed E-state index contributed by atoms with van der Waals surface area (Å²) in [4.78, 5) is 17.5. The van der Waals surface area contributed by atoms with E-state index in [1.807, 2.05) is 29.7 Å². The third kappa shape index (κ3) is 3.55. The molecule has 2 aromatic carbocycles. The Morgan fingerprint density at radius 1 is 1.27 bits per heavy atom. The van der Waals surface area contributed by atoms with Gasteiger partial charge in [-0.3, -0.25) is 4.79 Å². The number of hydrogen-bond donors (Lipinski definition) is 0. The minimum Gasteiger partial charge on any atom is -0.495 e. The van der Waals surface area contributed by atoms with Crippen LogP contribution in [0.5, 0.6) is 11.5 Å². The van der Waals surface area contributed by atoms with Crippen molar-refractivity contribution in [2.75, 3.05) is 13.7 Å². The summed E-state index contributed by atoms with van der Waals surface area (Å²) >= 11 is 1.45. The monoisotopic (exact) mass is 368 g/mol. The molecule has 0 aliphatic rings. The zero-order valence-corrected chi connectivity index (χ0v) is 15.6. The van der Waals surface area contributed by atoms with E-state index in [0.29, 0.717) is 23.5 Å². The van der Waals surface area contributed by atoms with Gasteiger partial charge in [0.2, 0.25) is 0 Å². The van der Waals surface area contributed by atoms with Gasteiger partial charge >= 0.3 is 0 Å². The van der Waals surface area contributed by atoms with Crippen molar-refractivity contribution in [2.45, 2.75) is 13.5 Å². The standard InChI is InChI=1S/C20H20N2O3S/c1-4-13-22-18-16(24-3)7-6-8-17(18)26-20(22)21-19(23)14-9-11-15(12-10-14)25-5-2/h4,6-12H,1,5,13H2,2-3H3. The van der Waals surface area contributed by atoms with Crippen LogP contribution in [0.4, 0.5) is 0 Å². The highest BCUT2D eigenvalue weighted by Gasteiger charge is 2.12. The molecule has 26 heavy (non-hydrogen) atoms. The Kier molecular flexibility index (Phi) is 5.53. The van der Waals surface area contributed by atoms with Crippen molar-refractivity contribution in [1.29, 1.82) is 0 Å². The molecular weight excluding hydrogens is 348 g/mol. The van der Waals surface area contributed by atoms with Crippen LogP contribution in [0.2, 0.25) is 0 Å². The van der Waals surface area contributed by atoms with Crippen molar-refractivity contribution in [2.24, 2.45) is 4.99 Å². The van der Waals surface area contributed by atoms with Gasteiger partial charge in [0, 0.05) is 12.1 Å². The summed E-state index contributed by atoms with van der Waals surface area (Å²) in [6.07, 6.45) is 1.78. The van der Waals surface area contributed by atoms with Crippen LogP contribution in [0, 0.1) is 0 Å². The molecule has 1 amide bonds. The van der Waals surface area contributed by atoms with Crippen molar-refractivity contribution in [3.05, 3.63) is 65.5 Å². The topological polar surface area (TPSA) is 52.8 Å². The number of nitrogens with zero attached hydrogens (tertiary/aromatic N) is 2. The molecule has 0 aliphatic carbocycles. The van der Waals surface area contributed by atoms with E-state index in [2.05, 4.69) is 11.6 Å². The van der Waals surface area contributed by atoms with E-state index in [4.69, 9.17) is 9.47 Å². The molecule has 3 aromatic rings. The number of carbonyl (C=O) groups is 1. The van der Waals surface area contributed by atoms with Gasteiger partial charge in [-0.05, 0) is 43.3 Å². The van der Waals surface area contributed by atoms with Crippen molar-refractivity contribution in [3.8, 4) is 11.5 Å². The summed E-state index contributed by atoms with van der Waals surface area (Å²) in [7, 11) is 1.63. The Hall–Kier alpha value is -2.86. The molecule has 6 heteroatoms. The quantitative estimate of drug-likeness (QED) is 0.617. The van der Waals surface area contributed by atoms with Crippen molar-refractivity contribution >= 4 is 27.5 Å². The van der Waals surface area contributed by atoms with E-state index in [9.17, 15) is 4.79 Å². The van der Waals surface area contributed by atoms with Gasteiger partial charge in [-0.2, -0.15) is 4.99 Å². The second kappa shape index (κ2) is 8.01. The van der Waals surface area contributed by atoms with Crippen LogP contribution in [0.3, 0.4) is 0 Å². The number of thiazole rings is 1. The molecule has 1 aromatic heterocycles. The normalized spacial score (nSPS) is 11.5.